The third-order valence-corrected chi connectivity index (χ3v) is 2.00. The molecule has 0 spiro atoms. The van der Waals surface area contributed by atoms with Crippen molar-refractivity contribution in [2.75, 3.05) is 5.73 Å². The van der Waals surface area contributed by atoms with E-state index in [1.54, 1.807) is 6.92 Å². The number of nitrogen functional groups attached to an aromatic ring is 1. The Balaban J connectivity index is 2.77. The van der Waals surface area contributed by atoms with E-state index in [-0.39, 0.29) is 17.5 Å². The maximum Gasteiger partial charge on any atom is 0.298 e. The van der Waals surface area contributed by atoms with Gasteiger partial charge in [-0.15, -0.1) is 0 Å². The first-order chi connectivity index (χ1) is 7.54. The lowest BCUT2D eigenvalue weighted by Gasteiger charge is -2.11. The van der Waals surface area contributed by atoms with E-state index in [9.17, 15) is 9.59 Å². The molecule has 16 heavy (non-hydrogen) atoms. The summed E-state index contributed by atoms with van der Waals surface area (Å²) in [5.41, 5.74) is 4.88. The third-order valence-electron chi connectivity index (χ3n) is 2.00. The van der Waals surface area contributed by atoms with Gasteiger partial charge in [0, 0.05) is 6.42 Å². The fourth-order valence-electron chi connectivity index (χ4n) is 1.25. The molecule has 1 rings (SSSR count). The van der Waals surface area contributed by atoms with Crippen LogP contribution in [0.2, 0.25) is 0 Å². The normalized spacial score (nSPS) is 12.1. The van der Waals surface area contributed by atoms with Crippen LogP contribution in [0.15, 0.2) is 4.79 Å². The quantitative estimate of drug-likeness (QED) is 0.652. The van der Waals surface area contributed by atoms with E-state index in [1.807, 2.05) is 6.92 Å². The van der Waals surface area contributed by atoms with E-state index in [4.69, 9.17) is 5.73 Å². The Morgan fingerprint density at radius 3 is 2.88 bits per heavy atom. The van der Waals surface area contributed by atoms with Crippen LogP contribution in [0.25, 0.3) is 0 Å². The highest BCUT2D eigenvalue weighted by Crippen LogP contribution is 2.03. The van der Waals surface area contributed by atoms with E-state index >= 15 is 0 Å². The number of carbonyl (C=O) groups is 1. The summed E-state index contributed by atoms with van der Waals surface area (Å²) < 4.78 is 0. The van der Waals surface area contributed by atoms with Crippen molar-refractivity contribution < 1.29 is 4.79 Å². The van der Waals surface area contributed by atoms with E-state index in [0.29, 0.717) is 6.42 Å². The van der Waals surface area contributed by atoms with Crippen molar-refractivity contribution in [1.82, 2.24) is 20.5 Å². The Labute approximate surface area is 92.5 Å². The van der Waals surface area contributed by atoms with Crippen LogP contribution in [0.1, 0.15) is 38.4 Å². The summed E-state index contributed by atoms with van der Waals surface area (Å²) >= 11 is 0. The minimum Gasteiger partial charge on any atom is -0.368 e. The average molecular weight is 225 g/mol. The van der Waals surface area contributed by atoms with Gasteiger partial charge < -0.3 is 11.1 Å². The van der Waals surface area contributed by atoms with Crippen LogP contribution in [-0.4, -0.2) is 21.1 Å². The van der Waals surface area contributed by atoms with Crippen LogP contribution in [0.4, 0.5) is 5.95 Å². The lowest BCUT2D eigenvalue weighted by Crippen LogP contribution is -2.32. The van der Waals surface area contributed by atoms with Crippen LogP contribution >= 0.6 is 0 Å². The molecular weight excluding hydrogens is 210 g/mol. The molecule has 0 aliphatic carbocycles. The molecule has 4 N–H and O–H groups in total. The zero-order chi connectivity index (χ0) is 12.1. The Morgan fingerprint density at radius 2 is 2.31 bits per heavy atom. The monoisotopic (exact) mass is 225 g/mol. The molecule has 0 aromatic carbocycles. The van der Waals surface area contributed by atoms with Gasteiger partial charge in [0.15, 0.2) is 0 Å². The number of nitrogens with two attached hydrogens (primary N) is 1. The molecule has 0 radical (unpaired) electrons. The zero-order valence-corrected chi connectivity index (χ0v) is 9.28. The lowest BCUT2D eigenvalue weighted by molar-refractivity contribution is -0.121. The number of aromatic nitrogens is 3. The smallest absolute Gasteiger partial charge is 0.298 e. The highest BCUT2D eigenvalue weighted by Gasteiger charge is 2.14. The van der Waals surface area contributed by atoms with Gasteiger partial charge in [0.2, 0.25) is 11.9 Å². The number of rotatable bonds is 4. The highest BCUT2D eigenvalue weighted by atomic mass is 16.2. The molecule has 88 valence electrons. The van der Waals surface area contributed by atoms with E-state index in [1.165, 1.54) is 0 Å². The maximum absolute atomic E-state index is 11.4. The van der Waals surface area contributed by atoms with Gasteiger partial charge >= 0.3 is 0 Å². The number of amides is 1. The topological polar surface area (TPSA) is 114 Å². The number of hydrogen-bond acceptors (Lipinski definition) is 5. The summed E-state index contributed by atoms with van der Waals surface area (Å²) in [6.45, 7) is 3.57. The number of H-pyrrole nitrogens is 1. The van der Waals surface area contributed by atoms with Gasteiger partial charge in [-0.3, -0.25) is 9.59 Å². The number of nitrogens with zero attached hydrogens (tertiary/aromatic N) is 2. The largest absolute Gasteiger partial charge is 0.368 e. The molecule has 1 atom stereocenters. The second-order valence-electron chi connectivity index (χ2n) is 3.45. The molecule has 1 unspecified atom stereocenters. The standard InChI is InChI=1S/C9H15N5O2/c1-3-4-6(15)11-5(2)7-8(16)12-9(10)14-13-7/h5H,3-4H2,1-2H3,(H,11,15)(H3,10,12,14,16). The molecule has 1 aromatic heterocycles. The molecule has 7 nitrogen and oxygen atoms in total. The molecule has 1 heterocycles. The second-order valence-corrected chi connectivity index (χ2v) is 3.45. The van der Waals surface area contributed by atoms with Crippen LogP contribution in [-0.2, 0) is 4.79 Å². The first-order valence-electron chi connectivity index (χ1n) is 5.06. The van der Waals surface area contributed by atoms with Gasteiger partial charge in [-0.2, -0.15) is 10.1 Å². The minimum absolute atomic E-state index is 0.0409. The van der Waals surface area contributed by atoms with Gasteiger partial charge in [0.25, 0.3) is 5.56 Å². The number of anilines is 1. The van der Waals surface area contributed by atoms with Crippen LogP contribution in [0.5, 0.6) is 0 Å². The minimum atomic E-state index is -0.527. The molecule has 0 aliphatic rings. The maximum atomic E-state index is 11.4. The second kappa shape index (κ2) is 5.24. The van der Waals surface area contributed by atoms with Crippen molar-refractivity contribution >= 4 is 11.9 Å². The summed E-state index contributed by atoms with van der Waals surface area (Å²) in [5, 5.41) is 8.80. The van der Waals surface area contributed by atoms with Gasteiger partial charge in [-0.1, -0.05) is 6.92 Å². The molecule has 0 saturated heterocycles. The van der Waals surface area contributed by atoms with Crippen molar-refractivity contribution in [2.24, 2.45) is 0 Å². The van der Waals surface area contributed by atoms with Crippen LogP contribution < -0.4 is 16.6 Å². The average Bonchev–Trinajstić information content (AvgIpc) is 2.17. The van der Waals surface area contributed by atoms with Crippen molar-refractivity contribution in [2.45, 2.75) is 32.7 Å². The zero-order valence-electron chi connectivity index (χ0n) is 9.28. The van der Waals surface area contributed by atoms with Gasteiger partial charge in [-0.25, -0.2) is 5.10 Å². The highest BCUT2D eigenvalue weighted by molar-refractivity contribution is 5.76. The Morgan fingerprint density at radius 1 is 1.62 bits per heavy atom. The fourth-order valence-corrected chi connectivity index (χ4v) is 1.25. The van der Waals surface area contributed by atoms with Crippen molar-refractivity contribution in [1.29, 1.82) is 0 Å². The Hall–Kier alpha value is -1.92. The van der Waals surface area contributed by atoms with Crippen molar-refractivity contribution in [3.05, 3.63) is 16.0 Å². The van der Waals surface area contributed by atoms with E-state index < -0.39 is 11.6 Å². The molecule has 0 saturated carbocycles. The summed E-state index contributed by atoms with van der Waals surface area (Å²) in [7, 11) is 0. The predicted molar refractivity (Wildman–Crippen MR) is 58.5 cm³/mol. The number of aromatic amines is 1. The molecule has 1 amide bonds. The van der Waals surface area contributed by atoms with Crippen LogP contribution in [0, 0.1) is 0 Å². The molecule has 0 fully saturated rings. The molecule has 0 aliphatic heterocycles. The SMILES string of the molecule is CCCC(=O)NC(C)c1n[nH]c(N)nc1=O. The molecule has 7 heteroatoms. The Kier molecular flexibility index (Phi) is 3.98. The predicted octanol–water partition coefficient (Wildman–Crippen LogP) is -0.276. The first-order valence-corrected chi connectivity index (χ1v) is 5.06. The van der Waals surface area contributed by atoms with Gasteiger partial charge in [0.05, 0.1) is 6.04 Å². The molecule has 1 aromatic rings. The van der Waals surface area contributed by atoms with Crippen molar-refractivity contribution in [3.8, 4) is 0 Å². The van der Waals surface area contributed by atoms with Crippen molar-refractivity contribution in [3.63, 3.8) is 0 Å². The van der Waals surface area contributed by atoms with Gasteiger partial charge in [-0.05, 0) is 13.3 Å². The molecule has 0 bridgehead atoms. The van der Waals surface area contributed by atoms with E-state index in [0.717, 1.165) is 6.42 Å². The fraction of sp³-hybridized carbons (Fsp3) is 0.556. The summed E-state index contributed by atoms with van der Waals surface area (Å²) in [6.07, 6.45) is 1.17. The number of hydrogen-bond donors (Lipinski definition) is 3. The molecular formula is C9H15N5O2. The Bertz CT molecular complexity index is 428. The number of nitrogens with one attached hydrogen (secondary N) is 2. The van der Waals surface area contributed by atoms with E-state index in [2.05, 4.69) is 20.5 Å². The number of carbonyl (C=O) groups excluding carboxylic acids is 1. The lowest BCUT2D eigenvalue weighted by atomic mass is 10.2. The summed E-state index contributed by atoms with van der Waals surface area (Å²) in [4.78, 5) is 26.2. The van der Waals surface area contributed by atoms with Gasteiger partial charge in [0.1, 0.15) is 5.69 Å². The summed E-state index contributed by atoms with van der Waals surface area (Å²) in [5.74, 6) is -0.158. The summed E-state index contributed by atoms with van der Waals surface area (Å²) in [6, 6.07) is -0.476. The first kappa shape index (κ1) is 12.2. The van der Waals surface area contributed by atoms with Crippen LogP contribution in [0.3, 0.4) is 0 Å². The third kappa shape index (κ3) is 3.04.